The van der Waals surface area contributed by atoms with Crippen LogP contribution in [0.2, 0.25) is 0 Å². The third kappa shape index (κ3) is 24.2. The van der Waals surface area contributed by atoms with Crippen LogP contribution in [0.4, 0.5) is 0 Å². The van der Waals surface area contributed by atoms with Gasteiger partial charge in [-0.25, -0.2) is 9.86 Å². The number of carbonyl (C=O) groups is 5. The van der Waals surface area contributed by atoms with Gasteiger partial charge in [0.2, 0.25) is 17.6 Å². The number of Topliss-reactive ketones (excluding diaryl/α,β-unsaturated/α-hetero) is 2. The van der Waals surface area contributed by atoms with E-state index in [9.17, 15) is 24.0 Å². The van der Waals surface area contributed by atoms with Crippen LogP contribution in [0.1, 0.15) is 236 Å². The molecule has 0 spiro atoms. The van der Waals surface area contributed by atoms with Gasteiger partial charge in [0.25, 0.3) is 5.89 Å². The molecule has 5 aliphatic carbocycles. The van der Waals surface area contributed by atoms with E-state index in [0.717, 1.165) is 103 Å². The summed E-state index contributed by atoms with van der Waals surface area (Å²) < 4.78 is 15.2. The molecule has 5 aliphatic rings. The van der Waals surface area contributed by atoms with Gasteiger partial charge in [-0.3, -0.25) is 24.0 Å². The van der Waals surface area contributed by atoms with Crippen molar-refractivity contribution in [2.45, 2.75) is 198 Å². The molecule has 1 aromatic heterocycles. The lowest BCUT2D eigenvalue weighted by Crippen LogP contribution is -2.28. The quantitative estimate of drug-likeness (QED) is 0.0393. The smallest absolute Gasteiger partial charge is 0.330 e. The fourth-order valence-corrected chi connectivity index (χ4v) is 13.5. The molecule has 1 heterocycles. The summed E-state index contributed by atoms with van der Waals surface area (Å²) in [4.78, 5) is 62.6. The van der Waals surface area contributed by atoms with Crippen molar-refractivity contribution in [3.63, 3.8) is 0 Å². The summed E-state index contributed by atoms with van der Waals surface area (Å²) in [5.74, 6) is 5.68. The molecular weight excluding hydrogens is 1110 g/mol. The molecule has 0 N–H and O–H groups in total. The minimum atomic E-state index is -0.189. The number of ketones is 2. The average molecular weight is 1210 g/mol. The largest absolute Gasteiger partial charge is 0.466 e. The molecule has 0 saturated heterocycles. The van der Waals surface area contributed by atoms with E-state index in [1.54, 1.807) is 20.0 Å². The molecule has 5 fully saturated rings. The SMILES string of the molecule is CCOC(=O)C=C1CCC(c2ccccc2)CC1.CCOC(=O)CC1CCC(c2ccccc2)CC1.CON(C)C(=O)CC1CCC(c2ccccc2)CC1.Cc1nnc(C(=O)CC2CCC(c3ccccc3)CC2)o1.O=C1CCC(c2ccccc2)CC1. The predicted octanol–water partition coefficient (Wildman–Crippen LogP) is 18.0. The van der Waals surface area contributed by atoms with Crippen LogP contribution >= 0.6 is 0 Å². The van der Waals surface area contributed by atoms with Gasteiger partial charge >= 0.3 is 11.9 Å². The third-order valence-corrected chi connectivity index (χ3v) is 18.8. The first-order valence-corrected chi connectivity index (χ1v) is 33.3. The fourth-order valence-electron chi connectivity index (χ4n) is 13.5. The number of benzene rings is 5. The van der Waals surface area contributed by atoms with Crippen LogP contribution in [0, 0.1) is 24.7 Å². The summed E-state index contributed by atoms with van der Waals surface area (Å²) in [6, 6.07) is 53.3. The molecule has 5 aromatic carbocycles. The second-order valence-corrected chi connectivity index (χ2v) is 24.9. The van der Waals surface area contributed by atoms with Gasteiger partial charge in [-0.2, -0.15) is 0 Å². The van der Waals surface area contributed by atoms with E-state index < -0.39 is 0 Å². The van der Waals surface area contributed by atoms with Crippen LogP contribution < -0.4 is 0 Å². The summed E-state index contributed by atoms with van der Waals surface area (Å²) >= 11 is 0. The molecule has 0 unspecified atom stereocenters. The molecule has 0 bridgehead atoms. The highest BCUT2D eigenvalue weighted by Gasteiger charge is 2.29. The van der Waals surface area contributed by atoms with Crippen LogP contribution in [0.3, 0.4) is 0 Å². The summed E-state index contributed by atoms with van der Waals surface area (Å²) in [5.41, 5.74) is 8.38. The van der Waals surface area contributed by atoms with Gasteiger partial charge in [-0.1, -0.05) is 157 Å². The number of rotatable bonds is 16. The van der Waals surface area contributed by atoms with E-state index in [4.69, 9.17) is 18.7 Å². The normalized spacial score (nSPS) is 21.6. The van der Waals surface area contributed by atoms with E-state index in [1.807, 2.05) is 19.9 Å². The van der Waals surface area contributed by atoms with Crippen molar-refractivity contribution in [3.8, 4) is 0 Å². The Morgan fingerprint density at radius 3 is 1.17 bits per heavy atom. The Bertz CT molecular complexity index is 3000. The number of hydroxylamine groups is 2. The monoisotopic (exact) mass is 1210 g/mol. The molecule has 0 atom stereocenters. The second kappa shape index (κ2) is 38.3. The molecule has 89 heavy (non-hydrogen) atoms. The van der Waals surface area contributed by atoms with E-state index in [2.05, 4.69) is 156 Å². The first kappa shape index (κ1) is 69.2. The van der Waals surface area contributed by atoms with Gasteiger partial charge in [0, 0.05) is 52.2 Å². The lowest BCUT2D eigenvalue weighted by atomic mass is 9.77. The standard InChI is InChI=1S/C17H20N2O2.C16H23NO2.C16H22O2.C16H20O2.C12H14O/c1-12-18-19-17(21-12)16(20)11-13-7-9-15(10-8-13)14-5-3-2-4-6-14;1-17(19-2)16(18)12-13-8-10-15(11-9-13)14-6-4-3-5-7-14;2*1-2-18-16(17)12-13-8-10-15(11-9-13)14-6-4-3-5-7-14;13-12-8-6-11(7-9-12)10-4-2-1-3-5-10/h2-6,13,15H,7-11H2,1H3;3-7,13,15H,8-12H2,1-2H3;3-7,13,15H,2,8-12H2,1H3;3-7,12,15H,2,8-11H2,1H3;1-5,11H,6-9H2. The zero-order valence-corrected chi connectivity index (χ0v) is 53.8. The van der Waals surface area contributed by atoms with E-state index in [0.29, 0.717) is 91.5 Å². The number of hydrogen-bond acceptors (Lipinski definition) is 11. The Kier molecular flexibility index (Phi) is 29.8. The molecule has 476 valence electrons. The van der Waals surface area contributed by atoms with Gasteiger partial charge in [0.15, 0.2) is 0 Å². The number of aryl methyl sites for hydroxylation is 1. The molecule has 5 saturated carbocycles. The number of esters is 2. The van der Waals surface area contributed by atoms with Crippen molar-refractivity contribution < 1.29 is 42.7 Å². The van der Waals surface area contributed by atoms with Gasteiger partial charge in [0.1, 0.15) is 5.78 Å². The number of amides is 1. The Morgan fingerprint density at radius 1 is 0.472 bits per heavy atom. The molecule has 0 radical (unpaired) electrons. The van der Waals surface area contributed by atoms with Crippen molar-refractivity contribution >= 4 is 29.4 Å². The van der Waals surface area contributed by atoms with Gasteiger partial charge < -0.3 is 13.9 Å². The number of hydrogen-bond donors (Lipinski definition) is 0. The Balaban J connectivity index is 0.000000160. The highest BCUT2D eigenvalue weighted by atomic mass is 16.7. The molecule has 1 amide bonds. The third-order valence-electron chi connectivity index (χ3n) is 18.8. The lowest BCUT2D eigenvalue weighted by Gasteiger charge is -2.29. The Labute approximate surface area is 531 Å². The van der Waals surface area contributed by atoms with Crippen molar-refractivity contribution in [2.24, 2.45) is 17.8 Å². The molecule has 6 aromatic rings. The topological polar surface area (TPSA) is 155 Å². The number of ether oxygens (including phenoxy) is 2. The first-order valence-electron chi connectivity index (χ1n) is 33.3. The van der Waals surface area contributed by atoms with Gasteiger partial charge in [-0.05, 0) is 205 Å². The summed E-state index contributed by atoms with van der Waals surface area (Å²) in [6.07, 6.45) is 25.3. The highest BCUT2D eigenvalue weighted by Crippen LogP contribution is 2.40. The number of carbonyl (C=O) groups excluding carboxylic acids is 5. The van der Waals surface area contributed by atoms with Gasteiger partial charge in [-0.15, -0.1) is 10.2 Å². The average Bonchev–Trinajstić information content (AvgIpc) is 4.24. The minimum absolute atomic E-state index is 0.0150. The molecule has 12 nitrogen and oxygen atoms in total. The van der Waals surface area contributed by atoms with Crippen molar-refractivity contribution in [1.29, 1.82) is 0 Å². The molecule has 11 rings (SSSR count). The van der Waals surface area contributed by atoms with Crippen molar-refractivity contribution in [3.05, 3.63) is 203 Å². The fraction of sp³-hybridized carbons (Fsp3) is 0.494. The highest BCUT2D eigenvalue weighted by molar-refractivity contribution is 5.91. The van der Waals surface area contributed by atoms with Gasteiger partial charge in [0.05, 0.1) is 20.3 Å². The summed E-state index contributed by atoms with van der Waals surface area (Å²) in [5, 5.41) is 8.86. The second-order valence-electron chi connectivity index (χ2n) is 24.9. The number of allylic oxidation sites excluding steroid dienone is 1. The number of aromatic nitrogens is 2. The first-order chi connectivity index (χ1) is 43.4. The van der Waals surface area contributed by atoms with Crippen LogP contribution in [-0.4, -0.2) is 72.0 Å². The van der Waals surface area contributed by atoms with E-state index >= 15 is 0 Å². The maximum absolute atomic E-state index is 12.1. The Morgan fingerprint density at radius 2 is 0.820 bits per heavy atom. The summed E-state index contributed by atoms with van der Waals surface area (Å²) in [7, 11) is 3.21. The minimum Gasteiger partial charge on any atom is -0.466 e. The van der Waals surface area contributed by atoms with E-state index in [-0.39, 0.29) is 29.5 Å². The van der Waals surface area contributed by atoms with Crippen LogP contribution in [0.5, 0.6) is 0 Å². The van der Waals surface area contributed by atoms with Crippen LogP contribution in [0.15, 0.2) is 168 Å². The molecular formula is C77H99N3O9. The maximum Gasteiger partial charge on any atom is 0.330 e. The van der Waals surface area contributed by atoms with Crippen LogP contribution in [-0.2, 0) is 33.5 Å². The molecule has 12 heteroatoms. The molecule has 0 aliphatic heterocycles. The maximum atomic E-state index is 12.1. The van der Waals surface area contributed by atoms with Crippen molar-refractivity contribution in [2.75, 3.05) is 27.4 Å². The Hall–Kier alpha value is -7.31. The zero-order valence-electron chi connectivity index (χ0n) is 53.8. The lowest BCUT2D eigenvalue weighted by molar-refractivity contribution is -0.170. The summed E-state index contributed by atoms with van der Waals surface area (Å²) in [6.45, 7) is 6.36. The zero-order chi connectivity index (χ0) is 63.0. The van der Waals surface area contributed by atoms with E-state index in [1.165, 1.54) is 71.2 Å². The van der Waals surface area contributed by atoms with Crippen molar-refractivity contribution in [1.82, 2.24) is 15.3 Å². The van der Waals surface area contributed by atoms with Crippen LogP contribution in [0.25, 0.3) is 0 Å². The number of nitrogens with zero attached hydrogens (tertiary/aromatic N) is 3. The predicted molar refractivity (Wildman–Crippen MR) is 352 cm³/mol.